The monoisotopic (exact) mass is 674 g/mol. The van der Waals surface area contributed by atoms with E-state index in [2.05, 4.69) is 192 Å². The summed E-state index contributed by atoms with van der Waals surface area (Å²) in [5, 5.41) is 0. The molecule has 0 radical (unpaired) electrons. The summed E-state index contributed by atoms with van der Waals surface area (Å²) < 4.78 is 0. The summed E-state index contributed by atoms with van der Waals surface area (Å²) >= 11 is 0. The Morgan fingerprint density at radius 2 is 0.608 bits per heavy atom. The molecule has 0 bridgehead atoms. The predicted octanol–water partition coefficient (Wildman–Crippen LogP) is 11.4. The van der Waals surface area contributed by atoms with Gasteiger partial charge in [-0.1, -0.05) is 109 Å². The zero-order valence-corrected chi connectivity index (χ0v) is 28.9. The lowest BCUT2D eigenvalue weighted by Crippen LogP contribution is -2.12. The molecule has 0 aliphatic rings. The van der Waals surface area contributed by atoms with Gasteiger partial charge >= 0.3 is 0 Å². The minimum atomic E-state index is 0.312. The molecular weight excluding hydrogens is 640 g/mol. The first-order chi connectivity index (χ1) is 25.3. The Kier molecular flexibility index (Phi) is 9.41. The highest BCUT2D eigenvalue weighted by Gasteiger charge is 2.15. The molecule has 6 aromatic carbocycles. The third-order valence-corrected chi connectivity index (χ3v) is 9.68. The van der Waals surface area contributed by atoms with Gasteiger partial charge in [-0.25, -0.2) is 9.97 Å². The van der Waals surface area contributed by atoms with Gasteiger partial charge in [0.2, 0.25) is 0 Å². The van der Waals surface area contributed by atoms with Crippen LogP contribution in [0.15, 0.2) is 206 Å². The fourth-order valence-corrected chi connectivity index (χ4v) is 7.25. The number of benzene rings is 6. The topological polar surface area (TPSA) is 32.3 Å². The first-order valence-electron chi connectivity index (χ1n) is 17.0. The molecule has 0 unspecified atom stereocenters. The summed E-state index contributed by atoms with van der Waals surface area (Å²) in [6.07, 6.45) is 0. The fourth-order valence-electron chi connectivity index (χ4n) is 6.27. The molecule has 51 heavy (non-hydrogen) atoms. The van der Waals surface area contributed by atoms with Gasteiger partial charge in [-0.05, 0) is 106 Å². The van der Waals surface area contributed by atoms with Gasteiger partial charge in [0.25, 0.3) is 0 Å². The van der Waals surface area contributed by atoms with Gasteiger partial charge in [0, 0.05) is 45.3 Å². The number of aromatic nitrogens is 2. The highest BCUT2D eigenvalue weighted by molar-refractivity contribution is 7.54. The van der Waals surface area contributed by atoms with Crippen LogP contribution < -0.4 is 20.7 Å². The van der Waals surface area contributed by atoms with Gasteiger partial charge in [-0.2, -0.15) is 0 Å². The van der Waals surface area contributed by atoms with Crippen LogP contribution in [0.1, 0.15) is 0 Å². The van der Waals surface area contributed by atoms with Crippen molar-refractivity contribution in [3.05, 3.63) is 206 Å². The molecule has 0 saturated heterocycles. The molecule has 8 rings (SSSR count). The number of hydrogen-bond donors (Lipinski definition) is 0. The van der Waals surface area contributed by atoms with E-state index >= 15 is 0 Å². The van der Waals surface area contributed by atoms with Gasteiger partial charge in [0.1, 0.15) is 0 Å². The molecule has 244 valence electrons. The first-order valence-corrected chi connectivity index (χ1v) is 18.0. The molecule has 0 spiro atoms. The van der Waals surface area contributed by atoms with Crippen LogP contribution in [0.5, 0.6) is 0 Å². The summed E-state index contributed by atoms with van der Waals surface area (Å²) in [6.45, 7) is 0. The Hall–Kier alpha value is -6.35. The Morgan fingerprint density at radius 1 is 0.294 bits per heavy atom. The van der Waals surface area contributed by atoms with Crippen molar-refractivity contribution >= 4 is 53.6 Å². The Labute approximate surface area is 301 Å². The quantitative estimate of drug-likeness (QED) is 0.135. The normalized spacial score (nSPS) is 10.8. The van der Waals surface area contributed by atoms with E-state index in [9.17, 15) is 0 Å². The molecule has 8 aromatic rings. The van der Waals surface area contributed by atoms with Gasteiger partial charge in [-0.15, -0.1) is 0 Å². The molecule has 0 amide bonds. The zero-order chi connectivity index (χ0) is 34.2. The van der Waals surface area contributed by atoms with Crippen LogP contribution in [0, 0.1) is 0 Å². The summed E-state index contributed by atoms with van der Waals surface area (Å²) in [5.74, 6) is 0. The lowest BCUT2D eigenvalue weighted by molar-refractivity contribution is 1.28. The van der Waals surface area contributed by atoms with Crippen LogP contribution in [0.2, 0.25) is 0 Å². The highest BCUT2D eigenvalue weighted by Crippen LogP contribution is 2.37. The molecule has 0 fully saturated rings. The molecule has 5 heteroatoms. The van der Waals surface area contributed by atoms with Crippen LogP contribution >= 0.6 is 8.58 Å². The smallest absolute Gasteiger partial charge is 0.0710 e. The van der Waals surface area contributed by atoms with Crippen molar-refractivity contribution in [3.8, 4) is 22.5 Å². The van der Waals surface area contributed by atoms with Gasteiger partial charge in [-0.3, -0.25) is 0 Å². The van der Waals surface area contributed by atoms with E-state index in [1.807, 2.05) is 24.3 Å². The molecule has 0 N–H and O–H groups in total. The Morgan fingerprint density at radius 3 is 0.961 bits per heavy atom. The van der Waals surface area contributed by atoms with Gasteiger partial charge < -0.3 is 9.80 Å². The second-order valence-corrected chi connectivity index (χ2v) is 13.3. The third kappa shape index (κ3) is 7.33. The van der Waals surface area contributed by atoms with Crippen molar-refractivity contribution in [1.82, 2.24) is 9.97 Å². The number of anilines is 6. The Balaban J connectivity index is 1.07. The van der Waals surface area contributed by atoms with E-state index in [-0.39, 0.29) is 0 Å². The summed E-state index contributed by atoms with van der Waals surface area (Å²) in [5.41, 5.74) is 12.6. The van der Waals surface area contributed by atoms with Crippen molar-refractivity contribution in [2.75, 3.05) is 9.80 Å². The number of hydrogen-bond acceptors (Lipinski definition) is 4. The minimum Gasteiger partial charge on any atom is -0.310 e. The van der Waals surface area contributed by atoms with E-state index in [4.69, 9.17) is 9.97 Å². The number of pyridine rings is 2. The van der Waals surface area contributed by atoms with E-state index in [1.165, 1.54) is 0 Å². The van der Waals surface area contributed by atoms with Crippen molar-refractivity contribution < 1.29 is 0 Å². The molecule has 2 heterocycles. The summed E-state index contributed by atoms with van der Waals surface area (Å²) in [6, 6.07) is 71.7. The summed E-state index contributed by atoms with van der Waals surface area (Å²) in [4.78, 5) is 14.8. The molecule has 2 aromatic heterocycles. The van der Waals surface area contributed by atoms with E-state index < -0.39 is 0 Å². The molecule has 0 saturated carbocycles. The van der Waals surface area contributed by atoms with Crippen LogP contribution in [-0.2, 0) is 0 Å². The molecule has 0 aliphatic heterocycles. The van der Waals surface area contributed by atoms with Gasteiger partial charge in [0.05, 0.1) is 22.3 Å². The van der Waals surface area contributed by atoms with E-state index in [0.717, 1.165) is 67.5 Å². The van der Waals surface area contributed by atoms with Crippen molar-refractivity contribution in [2.45, 2.75) is 0 Å². The SMILES string of the molecule is c1ccc(N(c2ccccc2)c2cccc(-c3cccc(Pc4cccc(-c5cccc(N(c6ccccc6)c6ccccc6)c5)n4)n3)c2)cc1. The second-order valence-electron chi connectivity index (χ2n) is 12.1. The van der Waals surface area contributed by atoms with Gasteiger partial charge in [0.15, 0.2) is 0 Å². The van der Waals surface area contributed by atoms with Crippen LogP contribution in [-0.4, -0.2) is 9.97 Å². The van der Waals surface area contributed by atoms with Crippen molar-refractivity contribution in [3.63, 3.8) is 0 Å². The predicted molar refractivity (Wildman–Crippen MR) is 216 cm³/mol. The summed E-state index contributed by atoms with van der Waals surface area (Å²) in [7, 11) is 0.312. The lowest BCUT2D eigenvalue weighted by Gasteiger charge is -2.25. The zero-order valence-electron chi connectivity index (χ0n) is 27.9. The highest BCUT2D eigenvalue weighted by atomic mass is 31.1. The lowest BCUT2D eigenvalue weighted by atomic mass is 10.1. The first kappa shape index (κ1) is 31.9. The van der Waals surface area contributed by atoms with Crippen molar-refractivity contribution in [1.29, 1.82) is 0 Å². The molecule has 0 aliphatic carbocycles. The second kappa shape index (κ2) is 15.0. The maximum absolute atomic E-state index is 5.14. The maximum atomic E-state index is 5.14. The van der Waals surface area contributed by atoms with E-state index in [1.54, 1.807) is 0 Å². The fraction of sp³-hybridized carbons (Fsp3) is 0. The van der Waals surface area contributed by atoms with Crippen LogP contribution in [0.4, 0.5) is 34.1 Å². The van der Waals surface area contributed by atoms with Crippen LogP contribution in [0.25, 0.3) is 22.5 Å². The largest absolute Gasteiger partial charge is 0.310 e. The average molecular weight is 675 g/mol. The van der Waals surface area contributed by atoms with Crippen molar-refractivity contribution in [2.24, 2.45) is 0 Å². The maximum Gasteiger partial charge on any atom is 0.0710 e. The molecule has 4 nitrogen and oxygen atoms in total. The average Bonchev–Trinajstić information content (AvgIpc) is 3.20. The Bertz CT molecular complexity index is 2100. The number of nitrogens with zero attached hydrogens (tertiary/aromatic N) is 4. The number of para-hydroxylation sites is 4. The van der Waals surface area contributed by atoms with Crippen LogP contribution in [0.3, 0.4) is 0 Å². The third-order valence-electron chi connectivity index (χ3n) is 8.61. The molecule has 0 atom stereocenters. The standard InChI is InChI=1S/C46H35N4P/c1-5-19-37(20-6-1)49(38-21-7-2-8-22-38)41-27-13-17-35(33-41)43-29-15-31-45(47-43)51-46-32-16-30-44(48-46)36-18-14-28-42(34-36)50(39-23-9-3-10-24-39)40-25-11-4-12-26-40/h1-34,51H. The van der Waals surface area contributed by atoms with E-state index in [0.29, 0.717) is 8.58 Å². The number of rotatable bonds is 10. The molecular formula is C46H35N4P. The minimum absolute atomic E-state index is 0.312.